The standard InChI is InChI=1S/C18H18N4O5/c1-19-8-10-20(11-9-19)18(24)27-15-7-3-5-13-17(15)22(26)12-4-2-6-14(23)16(12)21(13)25/h2-7,23H,8-11H2,1H3/p+1. The zero-order valence-electron chi connectivity index (χ0n) is 14.7. The van der Waals surface area contributed by atoms with E-state index in [0.29, 0.717) is 22.6 Å². The van der Waals surface area contributed by atoms with Crippen molar-refractivity contribution in [2.45, 2.75) is 0 Å². The minimum atomic E-state index is -0.552. The summed E-state index contributed by atoms with van der Waals surface area (Å²) in [5.74, 6) is -0.287. The molecule has 0 atom stereocenters. The third-order valence-corrected chi connectivity index (χ3v) is 4.89. The summed E-state index contributed by atoms with van der Waals surface area (Å²) < 4.78 is 6.45. The highest BCUT2D eigenvalue weighted by Crippen LogP contribution is 2.26. The fourth-order valence-electron chi connectivity index (χ4n) is 3.32. The average Bonchev–Trinajstić information content (AvgIpc) is 2.66. The topological polar surface area (TPSA) is 108 Å². The zero-order valence-corrected chi connectivity index (χ0v) is 14.7. The minimum absolute atomic E-state index is 0.00659. The highest BCUT2D eigenvalue weighted by Gasteiger charge is 2.29. The summed E-state index contributed by atoms with van der Waals surface area (Å²) in [6.07, 6.45) is -0.552. The molecule has 1 aromatic heterocycles. The number of amides is 1. The number of ether oxygens (including phenoxy) is 1. The number of aromatic hydroxyl groups is 1. The predicted molar refractivity (Wildman–Crippen MR) is 95.3 cm³/mol. The third-order valence-electron chi connectivity index (χ3n) is 4.89. The molecule has 1 saturated heterocycles. The molecule has 0 aliphatic carbocycles. The van der Waals surface area contributed by atoms with Crippen LogP contribution in [0.1, 0.15) is 0 Å². The van der Waals surface area contributed by atoms with Crippen LogP contribution in [-0.4, -0.2) is 49.3 Å². The van der Waals surface area contributed by atoms with Crippen molar-refractivity contribution in [1.29, 1.82) is 0 Å². The van der Waals surface area contributed by atoms with Crippen molar-refractivity contribution >= 4 is 28.2 Å². The molecule has 9 nitrogen and oxygen atoms in total. The van der Waals surface area contributed by atoms with Gasteiger partial charge in [-0.15, -0.1) is 0 Å². The Balaban J connectivity index is 1.80. The van der Waals surface area contributed by atoms with Gasteiger partial charge in [0.15, 0.2) is 5.75 Å². The number of piperazine rings is 1. The summed E-state index contributed by atoms with van der Waals surface area (Å²) in [7, 11) is 2.06. The molecular weight excluding hydrogens is 352 g/mol. The largest absolute Gasteiger partial charge is 0.617 e. The maximum absolute atomic E-state index is 12.9. The molecular formula is C18H19N4O5+. The van der Waals surface area contributed by atoms with Gasteiger partial charge in [0.1, 0.15) is 0 Å². The lowest BCUT2D eigenvalue weighted by atomic mass is 10.2. The summed E-state index contributed by atoms with van der Waals surface area (Å²) in [5.41, 5.74) is -0.194. The number of benzene rings is 2. The van der Waals surface area contributed by atoms with Gasteiger partial charge in [-0.05, 0) is 12.1 Å². The molecule has 4 rings (SSSR count). The highest BCUT2D eigenvalue weighted by molar-refractivity contribution is 5.85. The van der Waals surface area contributed by atoms with Crippen LogP contribution in [0.15, 0.2) is 36.4 Å². The fraction of sp³-hybridized carbons (Fsp3) is 0.278. The van der Waals surface area contributed by atoms with Crippen molar-refractivity contribution in [2.24, 2.45) is 0 Å². The maximum atomic E-state index is 12.9. The molecule has 9 heteroatoms. The van der Waals surface area contributed by atoms with Crippen LogP contribution in [0.5, 0.6) is 11.5 Å². The van der Waals surface area contributed by atoms with Crippen molar-refractivity contribution in [3.63, 3.8) is 0 Å². The molecule has 140 valence electrons. The molecule has 2 aromatic carbocycles. The fourth-order valence-corrected chi connectivity index (χ4v) is 3.32. The van der Waals surface area contributed by atoms with E-state index in [2.05, 4.69) is 7.05 Å². The Kier molecular flexibility index (Phi) is 4.08. The number of carbonyl (C=O) groups is 1. The third kappa shape index (κ3) is 2.81. The number of fused-ring (bicyclic) bond motifs is 2. The molecule has 1 fully saturated rings. The summed E-state index contributed by atoms with van der Waals surface area (Å²) in [6, 6.07) is 8.68. The molecule has 1 aliphatic rings. The number of nitrogens with one attached hydrogen (secondary N) is 1. The minimum Gasteiger partial charge on any atom is -0.617 e. The molecule has 27 heavy (non-hydrogen) atoms. The predicted octanol–water partition coefficient (Wildman–Crippen LogP) is -0.705. The van der Waals surface area contributed by atoms with E-state index in [-0.39, 0.29) is 33.6 Å². The van der Waals surface area contributed by atoms with Crippen LogP contribution in [0.25, 0.3) is 22.1 Å². The number of para-hydroxylation sites is 2. The number of phenolic OH excluding ortho intramolecular Hbond substituents is 1. The second-order valence-electron chi connectivity index (χ2n) is 6.67. The lowest BCUT2D eigenvalue weighted by Gasteiger charge is -2.29. The van der Waals surface area contributed by atoms with E-state index in [4.69, 9.17) is 4.74 Å². The maximum Gasteiger partial charge on any atom is 0.415 e. The van der Waals surface area contributed by atoms with E-state index >= 15 is 0 Å². The molecule has 1 amide bonds. The van der Waals surface area contributed by atoms with Crippen LogP contribution < -0.4 is 19.1 Å². The van der Waals surface area contributed by atoms with E-state index in [1.807, 2.05) is 0 Å². The number of carbonyl (C=O) groups excluding carboxylic acids is 1. The van der Waals surface area contributed by atoms with Crippen LogP contribution in [0, 0.1) is 10.4 Å². The van der Waals surface area contributed by atoms with Crippen molar-refractivity contribution < 1.29 is 29.0 Å². The van der Waals surface area contributed by atoms with Crippen molar-refractivity contribution in [3.8, 4) is 11.5 Å². The average molecular weight is 371 g/mol. The van der Waals surface area contributed by atoms with E-state index in [1.54, 1.807) is 4.90 Å². The van der Waals surface area contributed by atoms with Crippen molar-refractivity contribution in [1.82, 2.24) is 4.90 Å². The van der Waals surface area contributed by atoms with Gasteiger partial charge in [-0.25, -0.2) is 4.79 Å². The van der Waals surface area contributed by atoms with Crippen molar-refractivity contribution in [3.05, 3.63) is 46.8 Å². The molecule has 0 spiro atoms. The van der Waals surface area contributed by atoms with Crippen LogP contribution >= 0.6 is 0 Å². The first kappa shape index (κ1) is 17.1. The van der Waals surface area contributed by atoms with Gasteiger partial charge in [0, 0.05) is 12.1 Å². The molecule has 1 aliphatic heterocycles. The number of hydrogen-bond donors (Lipinski definition) is 2. The first-order valence-electron chi connectivity index (χ1n) is 8.65. The number of nitrogens with zero attached hydrogens (tertiary/aromatic N) is 3. The van der Waals surface area contributed by atoms with Gasteiger partial charge in [-0.2, -0.15) is 9.46 Å². The van der Waals surface area contributed by atoms with Gasteiger partial charge in [-0.1, -0.05) is 12.1 Å². The number of quaternary nitrogens is 1. The summed E-state index contributed by atoms with van der Waals surface area (Å²) >= 11 is 0. The Labute approximate surface area is 154 Å². The Bertz CT molecular complexity index is 1050. The Hall–Kier alpha value is -3.33. The Morgan fingerprint density at radius 3 is 2.37 bits per heavy atom. The number of aromatic nitrogens is 2. The number of rotatable bonds is 1. The van der Waals surface area contributed by atoms with Gasteiger partial charge in [0.2, 0.25) is 5.75 Å². The second kappa shape index (κ2) is 6.44. The lowest BCUT2D eigenvalue weighted by molar-refractivity contribution is -0.883. The normalized spacial score (nSPS) is 15.4. The van der Waals surface area contributed by atoms with E-state index in [1.165, 1.54) is 41.3 Å². The lowest BCUT2D eigenvalue weighted by Crippen LogP contribution is -3.12. The molecule has 0 saturated carbocycles. The molecule has 0 radical (unpaired) electrons. The monoisotopic (exact) mass is 371 g/mol. The van der Waals surface area contributed by atoms with Crippen LogP contribution in [0.2, 0.25) is 0 Å². The molecule has 0 unspecified atom stereocenters. The number of hydrogen-bond acceptors (Lipinski definition) is 5. The summed E-state index contributed by atoms with van der Waals surface area (Å²) in [4.78, 5) is 15.4. The van der Waals surface area contributed by atoms with Gasteiger partial charge in [0.25, 0.3) is 11.0 Å². The van der Waals surface area contributed by atoms with Gasteiger partial charge >= 0.3 is 17.1 Å². The molecule has 0 bridgehead atoms. The van der Waals surface area contributed by atoms with Gasteiger partial charge in [-0.3, -0.25) is 4.90 Å². The highest BCUT2D eigenvalue weighted by atomic mass is 16.6. The number of likely N-dealkylation sites (N-methyl/N-ethyl adjacent to an activating group) is 1. The smallest absolute Gasteiger partial charge is 0.415 e. The summed E-state index contributed by atoms with van der Waals surface area (Å²) in [6.45, 7) is 2.75. The Morgan fingerprint density at radius 1 is 1.07 bits per heavy atom. The van der Waals surface area contributed by atoms with Crippen LogP contribution in [0.4, 0.5) is 4.79 Å². The zero-order chi connectivity index (χ0) is 19.1. The van der Waals surface area contributed by atoms with E-state index in [9.17, 15) is 20.3 Å². The van der Waals surface area contributed by atoms with Crippen LogP contribution in [0.3, 0.4) is 0 Å². The second-order valence-corrected chi connectivity index (χ2v) is 6.67. The quantitative estimate of drug-likeness (QED) is 0.334. The van der Waals surface area contributed by atoms with E-state index < -0.39 is 6.09 Å². The van der Waals surface area contributed by atoms with E-state index in [0.717, 1.165) is 13.1 Å². The molecule has 3 aromatic rings. The Morgan fingerprint density at radius 2 is 1.67 bits per heavy atom. The number of phenols is 1. The SMILES string of the molecule is C[NH+]1CCN(C(=O)Oc2cccc3c2[n+]([O-])c2cccc(O)c2[n+]3[O-])CC1. The van der Waals surface area contributed by atoms with Crippen LogP contribution in [-0.2, 0) is 0 Å². The molecule has 2 N–H and O–H groups in total. The van der Waals surface area contributed by atoms with Crippen molar-refractivity contribution in [2.75, 3.05) is 33.2 Å². The van der Waals surface area contributed by atoms with Gasteiger partial charge < -0.3 is 25.2 Å². The molecule has 2 heterocycles. The van der Waals surface area contributed by atoms with Gasteiger partial charge in [0.05, 0.1) is 33.2 Å². The summed E-state index contributed by atoms with van der Waals surface area (Å²) in [5, 5.41) is 35.5. The first-order chi connectivity index (χ1) is 13.0. The first-order valence-corrected chi connectivity index (χ1v) is 8.65.